The summed E-state index contributed by atoms with van der Waals surface area (Å²) in [4.78, 5) is 0. The molecule has 0 amide bonds. The summed E-state index contributed by atoms with van der Waals surface area (Å²) in [5.41, 5.74) is 0.494. The van der Waals surface area contributed by atoms with E-state index in [1.54, 1.807) is 0 Å². The van der Waals surface area contributed by atoms with Gasteiger partial charge in [0.05, 0.1) is 24.4 Å². The van der Waals surface area contributed by atoms with E-state index in [-0.39, 0.29) is 0 Å². The van der Waals surface area contributed by atoms with Crippen LogP contribution in [-0.2, 0) is 9.47 Å². The molecule has 0 N–H and O–H groups in total. The normalized spacial score (nSPS) is 53.3. The Morgan fingerprint density at radius 1 is 0.704 bits per heavy atom. The van der Waals surface area contributed by atoms with Gasteiger partial charge in [0, 0.05) is 0 Å². The van der Waals surface area contributed by atoms with E-state index in [4.69, 9.17) is 9.47 Å². The molecule has 10 unspecified atom stereocenters. The lowest BCUT2D eigenvalue weighted by Crippen LogP contribution is -2.37. The van der Waals surface area contributed by atoms with Crippen molar-refractivity contribution in [3.05, 3.63) is 24.3 Å². The Labute approximate surface area is 164 Å². The minimum absolute atomic E-state index is 0.494. The number of hydrogen-bond acceptors (Lipinski definition) is 2. The number of fused-ring (bicyclic) bond motifs is 7. The molecule has 10 atom stereocenters. The third-order valence-corrected chi connectivity index (χ3v) is 9.57. The summed E-state index contributed by atoms with van der Waals surface area (Å²) >= 11 is 0. The lowest BCUT2D eigenvalue weighted by molar-refractivity contribution is 0.0678. The predicted molar refractivity (Wildman–Crippen MR) is 107 cm³/mol. The molecular weight excluding hydrogens is 332 g/mol. The van der Waals surface area contributed by atoms with Crippen molar-refractivity contribution < 1.29 is 9.47 Å². The molecule has 3 saturated carbocycles. The molecule has 5 fully saturated rings. The molecule has 148 valence electrons. The lowest BCUT2D eigenvalue weighted by Gasteiger charge is -2.43. The number of allylic oxidation sites excluding steroid dienone is 4. The van der Waals surface area contributed by atoms with Crippen LogP contribution in [-0.4, -0.2) is 24.4 Å². The highest BCUT2D eigenvalue weighted by Gasteiger charge is 2.53. The Hall–Kier alpha value is -0.600. The van der Waals surface area contributed by atoms with Crippen LogP contribution in [0.4, 0.5) is 0 Å². The van der Waals surface area contributed by atoms with Crippen LogP contribution in [0.15, 0.2) is 24.3 Å². The van der Waals surface area contributed by atoms with Gasteiger partial charge in [0.25, 0.3) is 0 Å². The van der Waals surface area contributed by atoms with Gasteiger partial charge in [-0.25, -0.2) is 0 Å². The molecule has 2 heterocycles. The van der Waals surface area contributed by atoms with Gasteiger partial charge in [0.2, 0.25) is 0 Å². The van der Waals surface area contributed by atoms with E-state index in [1.165, 1.54) is 51.4 Å². The van der Waals surface area contributed by atoms with Crippen LogP contribution in [0, 0.1) is 40.9 Å². The number of epoxide rings is 2. The Morgan fingerprint density at radius 2 is 1.33 bits per heavy atom. The highest BCUT2D eigenvalue weighted by molar-refractivity contribution is 5.21. The smallest absolute Gasteiger partial charge is 0.0844 e. The molecule has 27 heavy (non-hydrogen) atoms. The van der Waals surface area contributed by atoms with Crippen LogP contribution >= 0.6 is 0 Å². The number of rotatable bonds is 2. The van der Waals surface area contributed by atoms with Gasteiger partial charge in [-0.1, -0.05) is 38.2 Å². The lowest BCUT2D eigenvalue weighted by atomic mass is 9.61. The molecule has 2 nitrogen and oxygen atoms in total. The van der Waals surface area contributed by atoms with E-state index >= 15 is 0 Å². The Morgan fingerprint density at radius 3 is 1.93 bits per heavy atom. The molecule has 0 aromatic carbocycles. The second-order valence-electron chi connectivity index (χ2n) is 11.1. The maximum atomic E-state index is 5.70. The first-order chi connectivity index (χ1) is 13.1. The fourth-order valence-corrected chi connectivity index (χ4v) is 7.47. The molecule has 2 aliphatic heterocycles. The summed E-state index contributed by atoms with van der Waals surface area (Å²) in [7, 11) is 0. The molecule has 5 aliphatic carbocycles. The zero-order valence-corrected chi connectivity index (χ0v) is 17.1. The van der Waals surface area contributed by atoms with Crippen LogP contribution in [0.2, 0.25) is 0 Å². The standard InChI is InChI=1S/C15H24O2.C10H12/c1-15(2,9-3-5-11-13(7-9)16-11)10-4-6-12-14(8-10)17-12;1-2-9-7-4-5-8(6-7)10(9)3-1/h9-14H,3-8H2,1-2H3;1-2,4-5,7-10H,3,6H2. The van der Waals surface area contributed by atoms with E-state index in [2.05, 4.69) is 38.2 Å². The SMILES string of the molecule is C1=CC2C3C=CC(C3)C2C1.CC(C)(C1CCC2OC2C1)C1CCC2OC2C1. The summed E-state index contributed by atoms with van der Waals surface area (Å²) in [6.45, 7) is 5.02. The van der Waals surface area contributed by atoms with Gasteiger partial charge in [-0.15, -0.1) is 0 Å². The van der Waals surface area contributed by atoms with Crippen LogP contribution in [0.5, 0.6) is 0 Å². The van der Waals surface area contributed by atoms with Gasteiger partial charge in [-0.2, -0.15) is 0 Å². The minimum Gasteiger partial charge on any atom is -0.370 e. The Bertz CT molecular complexity index is 619. The largest absolute Gasteiger partial charge is 0.370 e. The first-order valence-corrected chi connectivity index (χ1v) is 11.8. The van der Waals surface area contributed by atoms with Crippen LogP contribution in [0.1, 0.15) is 65.2 Å². The minimum atomic E-state index is 0.494. The van der Waals surface area contributed by atoms with Crippen molar-refractivity contribution in [3.63, 3.8) is 0 Å². The van der Waals surface area contributed by atoms with E-state index in [0.29, 0.717) is 29.8 Å². The van der Waals surface area contributed by atoms with Gasteiger partial charge in [-0.05, 0) is 92.3 Å². The molecule has 0 aromatic rings. The fourth-order valence-electron chi connectivity index (χ4n) is 7.47. The average molecular weight is 369 g/mol. The van der Waals surface area contributed by atoms with E-state index in [9.17, 15) is 0 Å². The number of ether oxygens (including phenoxy) is 2. The van der Waals surface area contributed by atoms with Crippen molar-refractivity contribution >= 4 is 0 Å². The first-order valence-electron chi connectivity index (χ1n) is 11.8. The summed E-state index contributed by atoms with van der Waals surface area (Å²) in [5.74, 6) is 5.59. The first kappa shape index (κ1) is 17.3. The zero-order chi connectivity index (χ0) is 18.2. The maximum Gasteiger partial charge on any atom is 0.0844 e. The highest BCUT2D eigenvalue weighted by Crippen LogP contribution is 2.54. The number of hydrogen-bond donors (Lipinski definition) is 0. The van der Waals surface area contributed by atoms with E-state index in [0.717, 1.165) is 35.5 Å². The van der Waals surface area contributed by atoms with Crippen molar-refractivity contribution in [2.45, 2.75) is 89.6 Å². The second kappa shape index (κ2) is 6.20. The highest BCUT2D eigenvalue weighted by atomic mass is 16.6. The van der Waals surface area contributed by atoms with Crippen molar-refractivity contribution in [1.82, 2.24) is 0 Å². The van der Waals surface area contributed by atoms with E-state index < -0.39 is 0 Å². The van der Waals surface area contributed by atoms with Crippen molar-refractivity contribution in [1.29, 1.82) is 0 Å². The molecule has 2 bridgehead atoms. The van der Waals surface area contributed by atoms with Crippen LogP contribution in [0.25, 0.3) is 0 Å². The van der Waals surface area contributed by atoms with Crippen LogP contribution < -0.4 is 0 Å². The molecule has 2 saturated heterocycles. The molecule has 0 radical (unpaired) electrons. The van der Waals surface area contributed by atoms with Crippen LogP contribution in [0.3, 0.4) is 0 Å². The quantitative estimate of drug-likeness (QED) is 0.473. The molecule has 0 aromatic heterocycles. The van der Waals surface area contributed by atoms with Gasteiger partial charge < -0.3 is 9.47 Å². The Kier molecular flexibility index (Phi) is 3.96. The predicted octanol–water partition coefficient (Wildman–Crippen LogP) is 5.53. The zero-order valence-electron chi connectivity index (χ0n) is 17.1. The second-order valence-corrected chi connectivity index (χ2v) is 11.1. The molecule has 7 aliphatic rings. The maximum absolute atomic E-state index is 5.70. The van der Waals surface area contributed by atoms with Crippen molar-refractivity contribution in [2.75, 3.05) is 0 Å². The van der Waals surface area contributed by atoms with Crippen molar-refractivity contribution in [3.8, 4) is 0 Å². The third-order valence-electron chi connectivity index (χ3n) is 9.57. The average Bonchev–Trinajstić information content (AvgIpc) is 3.45. The molecule has 0 spiro atoms. The Balaban J connectivity index is 0.000000124. The monoisotopic (exact) mass is 368 g/mol. The topological polar surface area (TPSA) is 25.1 Å². The molecular formula is C25H36O2. The van der Waals surface area contributed by atoms with Gasteiger partial charge >= 0.3 is 0 Å². The summed E-state index contributed by atoms with van der Waals surface area (Å²) in [6.07, 6.45) is 23.1. The molecule has 2 heteroatoms. The van der Waals surface area contributed by atoms with Gasteiger partial charge in [-0.3, -0.25) is 0 Å². The van der Waals surface area contributed by atoms with E-state index in [1.807, 2.05) is 0 Å². The third kappa shape index (κ3) is 2.97. The van der Waals surface area contributed by atoms with Crippen molar-refractivity contribution in [2.24, 2.45) is 40.9 Å². The van der Waals surface area contributed by atoms with Gasteiger partial charge in [0.1, 0.15) is 0 Å². The summed E-state index contributed by atoms with van der Waals surface area (Å²) in [5, 5.41) is 0. The summed E-state index contributed by atoms with van der Waals surface area (Å²) < 4.78 is 11.4. The molecule has 7 rings (SSSR count). The van der Waals surface area contributed by atoms with Gasteiger partial charge in [0.15, 0.2) is 0 Å². The summed E-state index contributed by atoms with van der Waals surface area (Å²) in [6, 6.07) is 0. The fraction of sp³-hybridized carbons (Fsp3) is 0.840.